The number of nitrogens with zero attached hydrogens (tertiary/aromatic N) is 2. The Morgan fingerprint density at radius 2 is 1.86 bits per heavy atom. The molecule has 0 bridgehead atoms. The first-order chi connectivity index (χ1) is 13.1. The van der Waals surface area contributed by atoms with E-state index in [1.165, 1.54) is 57.8 Å². The van der Waals surface area contributed by atoms with E-state index in [9.17, 15) is 0 Å². The molecule has 3 atom stereocenters. The van der Waals surface area contributed by atoms with Crippen LogP contribution in [0.3, 0.4) is 0 Å². The molecular formula is C23H43ClN2O2. The molecule has 1 fully saturated rings. The van der Waals surface area contributed by atoms with Gasteiger partial charge in [-0.2, -0.15) is 0 Å². The van der Waals surface area contributed by atoms with Crippen LogP contribution in [-0.2, 0) is 22.9 Å². The molecule has 0 unspecified atom stereocenters. The van der Waals surface area contributed by atoms with Gasteiger partial charge in [0, 0.05) is 0 Å². The minimum absolute atomic E-state index is 0. The number of aromatic nitrogens is 2. The predicted molar refractivity (Wildman–Crippen MR) is 110 cm³/mol. The summed E-state index contributed by atoms with van der Waals surface area (Å²) < 4.78 is 16.4. The highest BCUT2D eigenvalue weighted by Gasteiger charge is 2.31. The molecule has 0 N–H and O–H groups in total. The molecule has 0 amide bonds. The molecule has 1 saturated carbocycles. The smallest absolute Gasteiger partial charge is 0.247 e. The maximum atomic E-state index is 6.33. The SMILES string of the molecule is CCCCCCCCOC[n+]1ccn(CO[C@@H]2C[C@H](C)CC[C@H]2C(C)C)c1.[Cl-]. The Morgan fingerprint density at radius 3 is 2.61 bits per heavy atom. The Bertz CT molecular complexity index is 507. The van der Waals surface area contributed by atoms with Crippen LogP contribution in [0.15, 0.2) is 18.7 Å². The van der Waals surface area contributed by atoms with Crippen molar-refractivity contribution in [2.45, 2.75) is 105 Å². The van der Waals surface area contributed by atoms with Crippen molar-refractivity contribution in [2.75, 3.05) is 6.61 Å². The Balaban J connectivity index is 0.00000392. The first-order valence-corrected chi connectivity index (χ1v) is 11.3. The van der Waals surface area contributed by atoms with Crippen molar-refractivity contribution >= 4 is 0 Å². The molecule has 1 heterocycles. The third-order valence-corrected chi connectivity index (χ3v) is 6.03. The number of halogens is 1. The van der Waals surface area contributed by atoms with Crippen molar-refractivity contribution in [1.29, 1.82) is 0 Å². The van der Waals surface area contributed by atoms with Crippen LogP contribution < -0.4 is 17.0 Å². The largest absolute Gasteiger partial charge is 1.00 e. The lowest BCUT2D eigenvalue weighted by molar-refractivity contribution is -0.732. The summed E-state index contributed by atoms with van der Waals surface area (Å²) in [6.45, 7) is 11.4. The van der Waals surface area contributed by atoms with Crippen LogP contribution in [0.1, 0.15) is 85.5 Å². The minimum atomic E-state index is 0. The Morgan fingerprint density at radius 1 is 1.11 bits per heavy atom. The third-order valence-electron chi connectivity index (χ3n) is 6.03. The van der Waals surface area contributed by atoms with Crippen LogP contribution in [0.4, 0.5) is 0 Å². The average molecular weight is 415 g/mol. The van der Waals surface area contributed by atoms with E-state index < -0.39 is 0 Å². The Hall–Kier alpha value is -0.580. The van der Waals surface area contributed by atoms with Gasteiger partial charge in [-0.05, 0) is 37.0 Å². The van der Waals surface area contributed by atoms with Gasteiger partial charge in [0.1, 0.15) is 12.4 Å². The van der Waals surface area contributed by atoms with Crippen molar-refractivity contribution in [1.82, 2.24) is 4.57 Å². The van der Waals surface area contributed by atoms with E-state index in [-0.39, 0.29) is 12.4 Å². The average Bonchev–Trinajstić information content (AvgIpc) is 3.10. The summed E-state index contributed by atoms with van der Waals surface area (Å²) in [6, 6.07) is 0. The second-order valence-corrected chi connectivity index (χ2v) is 8.91. The molecule has 0 spiro atoms. The summed E-state index contributed by atoms with van der Waals surface area (Å²) in [6.07, 6.45) is 18.4. The summed E-state index contributed by atoms with van der Waals surface area (Å²) in [5, 5.41) is 0. The van der Waals surface area contributed by atoms with Gasteiger partial charge in [0.2, 0.25) is 6.33 Å². The van der Waals surface area contributed by atoms with E-state index in [0.717, 1.165) is 12.5 Å². The Kier molecular flexibility index (Phi) is 13.1. The zero-order chi connectivity index (χ0) is 19.5. The van der Waals surface area contributed by atoms with Crippen LogP contribution in [-0.4, -0.2) is 17.3 Å². The topological polar surface area (TPSA) is 27.3 Å². The molecule has 4 nitrogen and oxygen atoms in total. The number of hydrogen-bond donors (Lipinski definition) is 0. The van der Waals surface area contributed by atoms with Gasteiger partial charge < -0.3 is 21.9 Å². The Labute approximate surface area is 179 Å². The van der Waals surface area contributed by atoms with Crippen molar-refractivity contribution in [3.63, 3.8) is 0 Å². The maximum absolute atomic E-state index is 6.33. The molecule has 0 aliphatic heterocycles. The van der Waals surface area contributed by atoms with Gasteiger partial charge in [-0.3, -0.25) is 0 Å². The molecule has 1 aromatic rings. The quantitative estimate of drug-likeness (QED) is 0.366. The van der Waals surface area contributed by atoms with Crippen LogP contribution in [0.5, 0.6) is 0 Å². The first-order valence-electron chi connectivity index (χ1n) is 11.3. The number of hydrogen-bond acceptors (Lipinski definition) is 2. The zero-order valence-corrected chi connectivity index (χ0v) is 19.4. The molecule has 1 aromatic heterocycles. The minimum Gasteiger partial charge on any atom is -1.00 e. The van der Waals surface area contributed by atoms with Gasteiger partial charge in [0.05, 0.1) is 12.7 Å². The van der Waals surface area contributed by atoms with Crippen molar-refractivity contribution in [2.24, 2.45) is 17.8 Å². The van der Waals surface area contributed by atoms with Gasteiger partial charge in [0.25, 0.3) is 0 Å². The second kappa shape index (κ2) is 14.4. The number of ether oxygens (including phenoxy) is 2. The van der Waals surface area contributed by atoms with E-state index in [2.05, 4.69) is 55.6 Å². The van der Waals surface area contributed by atoms with E-state index in [4.69, 9.17) is 9.47 Å². The monoisotopic (exact) mass is 414 g/mol. The summed E-state index contributed by atoms with van der Waals surface area (Å²) >= 11 is 0. The van der Waals surface area contributed by atoms with Crippen molar-refractivity contribution in [3.8, 4) is 0 Å². The molecule has 1 aliphatic rings. The maximum Gasteiger partial charge on any atom is 0.247 e. The molecule has 0 aromatic carbocycles. The van der Waals surface area contributed by atoms with E-state index >= 15 is 0 Å². The fraction of sp³-hybridized carbons (Fsp3) is 0.870. The first kappa shape index (κ1) is 25.5. The molecular weight excluding hydrogens is 372 g/mol. The second-order valence-electron chi connectivity index (χ2n) is 8.91. The molecule has 1 aliphatic carbocycles. The summed E-state index contributed by atoms with van der Waals surface area (Å²) in [5.74, 6) is 2.19. The van der Waals surface area contributed by atoms with Crippen molar-refractivity contribution < 1.29 is 26.4 Å². The molecule has 5 heteroatoms. The number of unbranched alkanes of at least 4 members (excludes halogenated alkanes) is 5. The lowest BCUT2D eigenvalue weighted by atomic mass is 9.75. The highest BCUT2D eigenvalue weighted by molar-refractivity contribution is 4.81. The highest BCUT2D eigenvalue weighted by Crippen LogP contribution is 2.35. The number of imidazole rings is 1. The van der Waals surface area contributed by atoms with Gasteiger partial charge in [-0.1, -0.05) is 66.2 Å². The van der Waals surface area contributed by atoms with E-state index in [0.29, 0.717) is 31.4 Å². The van der Waals surface area contributed by atoms with Crippen LogP contribution in [0.2, 0.25) is 0 Å². The molecule has 0 saturated heterocycles. The van der Waals surface area contributed by atoms with Crippen LogP contribution in [0, 0.1) is 17.8 Å². The van der Waals surface area contributed by atoms with Crippen LogP contribution >= 0.6 is 0 Å². The molecule has 28 heavy (non-hydrogen) atoms. The fourth-order valence-electron chi connectivity index (χ4n) is 4.23. The lowest BCUT2D eigenvalue weighted by Gasteiger charge is -2.36. The summed E-state index contributed by atoms with van der Waals surface area (Å²) in [5.41, 5.74) is 0. The zero-order valence-electron chi connectivity index (χ0n) is 18.6. The standard InChI is InChI=1S/C23H43N2O2.ClH/c1-5-6-7-8-9-10-15-26-18-24-13-14-25(17-24)19-27-23-16-21(4)11-12-22(23)20(2)3;/h13-14,17,20-23H,5-12,15-16,18-19H2,1-4H3;1H/q+1;/p-1/t21-,22+,23-;/m1./s1. The molecule has 164 valence electrons. The van der Waals surface area contributed by atoms with Gasteiger partial charge in [-0.25, -0.2) is 9.13 Å². The van der Waals surface area contributed by atoms with Gasteiger partial charge in [0.15, 0.2) is 13.5 Å². The van der Waals surface area contributed by atoms with E-state index in [1.807, 2.05) is 0 Å². The molecule has 2 rings (SSSR count). The predicted octanol–water partition coefficient (Wildman–Crippen LogP) is 2.55. The van der Waals surface area contributed by atoms with E-state index in [1.54, 1.807) is 0 Å². The van der Waals surface area contributed by atoms with Crippen LogP contribution in [0.25, 0.3) is 0 Å². The fourth-order valence-corrected chi connectivity index (χ4v) is 4.23. The van der Waals surface area contributed by atoms with Crippen molar-refractivity contribution in [3.05, 3.63) is 18.7 Å². The summed E-state index contributed by atoms with van der Waals surface area (Å²) in [7, 11) is 0. The summed E-state index contributed by atoms with van der Waals surface area (Å²) in [4.78, 5) is 0. The normalized spacial score (nSPS) is 22.4. The van der Waals surface area contributed by atoms with Gasteiger partial charge >= 0.3 is 0 Å². The lowest BCUT2D eigenvalue weighted by Crippen LogP contribution is -3.00. The van der Waals surface area contributed by atoms with Gasteiger partial charge in [-0.15, -0.1) is 0 Å². The highest BCUT2D eigenvalue weighted by atomic mass is 35.5. The third kappa shape index (κ3) is 9.28. The number of rotatable bonds is 13. The molecule has 0 radical (unpaired) electrons.